The first kappa shape index (κ1) is 12.2. The van der Waals surface area contributed by atoms with Crippen LogP contribution in [0.25, 0.3) is 0 Å². The Morgan fingerprint density at radius 3 is 2.89 bits per heavy atom. The van der Waals surface area contributed by atoms with E-state index in [1.165, 1.54) is 0 Å². The maximum atomic E-state index is 11.6. The van der Waals surface area contributed by atoms with Crippen molar-refractivity contribution in [2.45, 2.75) is 44.3 Å². The molecule has 4 atom stereocenters. The zero-order chi connectivity index (χ0) is 13.4. The summed E-state index contributed by atoms with van der Waals surface area (Å²) in [5.74, 6) is 1.22. The molecule has 8 nitrogen and oxygen atoms in total. The number of urea groups is 1. The van der Waals surface area contributed by atoms with Gasteiger partial charge in [-0.2, -0.15) is 0 Å². The van der Waals surface area contributed by atoms with Gasteiger partial charge < -0.3 is 15.5 Å². The molecule has 2 aliphatic rings. The molecule has 2 fully saturated rings. The Labute approximate surface area is 111 Å². The number of hydrogen-bond acceptors (Lipinski definition) is 5. The molecule has 1 aromatic rings. The molecular weight excluding hydrogens is 246 g/mol. The van der Waals surface area contributed by atoms with Crippen LogP contribution < -0.4 is 15.5 Å². The lowest BCUT2D eigenvalue weighted by Gasteiger charge is -2.43. The second kappa shape index (κ2) is 4.67. The molecule has 104 valence electrons. The van der Waals surface area contributed by atoms with Crippen LogP contribution in [0.1, 0.15) is 26.2 Å². The van der Waals surface area contributed by atoms with Gasteiger partial charge in [0.25, 0.3) is 0 Å². The SMILES string of the molecule is CNC(=O)N[C@@H]1C[C@@H](C)[C@@H]2CC[C@H]1N2c1nnn[nH]1. The van der Waals surface area contributed by atoms with E-state index in [0.717, 1.165) is 19.3 Å². The van der Waals surface area contributed by atoms with Crippen LogP contribution in [0.5, 0.6) is 0 Å². The molecule has 0 unspecified atom stereocenters. The fraction of sp³-hybridized carbons (Fsp3) is 0.818. The number of anilines is 1. The fourth-order valence-corrected chi connectivity index (χ4v) is 3.51. The molecule has 0 aliphatic carbocycles. The summed E-state index contributed by atoms with van der Waals surface area (Å²) in [4.78, 5) is 13.8. The molecule has 1 aromatic heterocycles. The van der Waals surface area contributed by atoms with Gasteiger partial charge in [0.05, 0.1) is 12.1 Å². The summed E-state index contributed by atoms with van der Waals surface area (Å²) in [5.41, 5.74) is 0. The van der Waals surface area contributed by atoms with Gasteiger partial charge in [-0.25, -0.2) is 9.89 Å². The number of aromatic nitrogens is 4. The zero-order valence-electron chi connectivity index (χ0n) is 11.1. The number of rotatable bonds is 2. The highest BCUT2D eigenvalue weighted by atomic mass is 16.2. The number of nitrogens with one attached hydrogen (secondary N) is 3. The molecule has 8 heteroatoms. The molecule has 2 aliphatic heterocycles. The Balaban J connectivity index is 1.83. The van der Waals surface area contributed by atoms with Crippen LogP contribution in [0, 0.1) is 5.92 Å². The van der Waals surface area contributed by atoms with Crippen LogP contribution in [0.2, 0.25) is 0 Å². The van der Waals surface area contributed by atoms with Crippen molar-refractivity contribution in [1.29, 1.82) is 0 Å². The number of fused-ring (bicyclic) bond motifs is 2. The molecule has 2 amide bonds. The molecule has 0 radical (unpaired) electrons. The van der Waals surface area contributed by atoms with Crippen LogP contribution in [-0.4, -0.2) is 51.8 Å². The van der Waals surface area contributed by atoms with E-state index in [0.29, 0.717) is 17.9 Å². The smallest absolute Gasteiger partial charge is 0.314 e. The minimum Gasteiger partial charge on any atom is -0.341 e. The van der Waals surface area contributed by atoms with Crippen LogP contribution in [0.3, 0.4) is 0 Å². The van der Waals surface area contributed by atoms with Gasteiger partial charge in [-0.1, -0.05) is 12.0 Å². The number of carbonyl (C=O) groups excluding carboxylic acids is 1. The summed E-state index contributed by atoms with van der Waals surface area (Å²) in [6, 6.07) is 0.743. The van der Waals surface area contributed by atoms with Crippen LogP contribution in [0.4, 0.5) is 10.7 Å². The summed E-state index contributed by atoms with van der Waals surface area (Å²) in [5, 5.41) is 19.9. The van der Waals surface area contributed by atoms with E-state index in [4.69, 9.17) is 0 Å². The normalized spacial score (nSPS) is 33.3. The third-order valence-electron chi connectivity index (χ3n) is 4.34. The Bertz CT molecular complexity index is 448. The molecule has 2 saturated heterocycles. The Hall–Kier alpha value is -1.86. The zero-order valence-corrected chi connectivity index (χ0v) is 11.1. The van der Waals surface area contributed by atoms with Gasteiger partial charge in [0, 0.05) is 13.1 Å². The fourth-order valence-electron chi connectivity index (χ4n) is 3.51. The van der Waals surface area contributed by atoms with Crippen LogP contribution in [0.15, 0.2) is 0 Å². The lowest BCUT2D eigenvalue weighted by molar-refractivity contribution is 0.226. The first-order valence-corrected chi connectivity index (χ1v) is 6.71. The maximum absolute atomic E-state index is 11.6. The first-order chi connectivity index (χ1) is 9.20. The van der Waals surface area contributed by atoms with E-state index in [-0.39, 0.29) is 18.1 Å². The van der Waals surface area contributed by atoms with E-state index < -0.39 is 0 Å². The number of H-pyrrole nitrogens is 1. The van der Waals surface area contributed by atoms with E-state index >= 15 is 0 Å². The van der Waals surface area contributed by atoms with Gasteiger partial charge in [0.15, 0.2) is 0 Å². The quantitative estimate of drug-likeness (QED) is 0.692. The van der Waals surface area contributed by atoms with Crippen molar-refractivity contribution >= 4 is 12.0 Å². The third kappa shape index (κ3) is 2.00. The van der Waals surface area contributed by atoms with Crippen LogP contribution in [-0.2, 0) is 0 Å². The molecule has 0 aromatic carbocycles. The number of carbonyl (C=O) groups is 1. The number of nitrogens with zero attached hydrogens (tertiary/aromatic N) is 4. The highest BCUT2D eigenvalue weighted by Gasteiger charge is 2.47. The van der Waals surface area contributed by atoms with Gasteiger partial charge in [-0.05, 0) is 35.6 Å². The first-order valence-electron chi connectivity index (χ1n) is 6.71. The molecule has 3 heterocycles. The second-order valence-corrected chi connectivity index (χ2v) is 5.39. The average molecular weight is 265 g/mol. The Morgan fingerprint density at radius 2 is 2.21 bits per heavy atom. The lowest BCUT2D eigenvalue weighted by Crippen LogP contribution is -2.58. The van der Waals surface area contributed by atoms with E-state index in [1.54, 1.807) is 7.05 Å². The number of amides is 2. The van der Waals surface area contributed by atoms with Crippen molar-refractivity contribution < 1.29 is 4.79 Å². The summed E-state index contributed by atoms with van der Waals surface area (Å²) in [6.45, 7) is 2.22. The van der Waals surface area contributed by atoms with Crippen molar-refractivity contribution in [3.8, 4) is 0 Å². The van der Waals surface area contributed by atoms with Gasteiger partial charge in [0.1, 0.15) is 0 Å². The maximum Gasteiger partial charge on any atom is 0.314 e. The van der Waals surface area contributed by atoms with Crippen LogP contribution >= 0.6 is 0 Å². The number of piperidine rings is 1. The topological polar surface area (TPSA) is 98.8 Å². The molecule has 3 N–H and O–H groups in total. The van der Waals surface area contributed by atoms with E-state index in [2.05, 4.69) is 43.1 Å². The molecular formula is C11H19N7O. The third-order valence-corrected chi connectivity index (χ3v) is 4.34. The molecule has 2 bridgehead atoms. The predicted octanol–water partition coefficient (Wildman–Crippen LogP) is -0.125. The summed E-state index contributed by atoms with van der Waals surface area (Å²) in [7, 11) is 1.64. The lowest BCUT2D eigenvalue weighted by atomic mass is 9.88. The average Bonchev–Trinajstić information content (AvgIpc) is 3.02. The van der Waals surface area contributed by atoms with Gasteiger partial charge in [-0.3, -0.25) is 0 Å². The Kier molecular flexibility index (Phi) is 3.00. The monoisotopic (exact) mass is 265 g/mol. The standard InChI is InChI=1S/C11H19N7O/c1-6-5-7(13-11(19)12-2)9-4-3-8(6)18(9)10-14-16-17-15-10/h6-9H,3-5H2,1-2H3,(H2,12,13,19)(H,14,15,16,17)/t6-,7-,8+,9-/m1/s1. The molecule has 0 spiro atoms. The van der Waals surface area contributed by atoms with E-state index in [9.17, 15) is 4.79 Å². The summed E-state index contributed by atoms with van der Waals surface area (Å²) < 4.78 is 0. The van der Waals surface area contributed by atoms with Crippen molar-refractivity contribution in [1.82, 2.24) is 31.3 Å². The van der Waals surface area contributed by atoms with Gasteiger partial charge in [-0.15, -0.1) is 0 Å². The predicted molar refractivity (Wildman–Crippen MR) is 68.6 cm³/mol. The largest absolute Gasteiger partial charge is 0.341 e. The molecule has 0 saturated carbocycles. The highest BCUT2D eigenvalue weighted by Crippen LogP contribution is 2.40. The van der Waals surface area contributed by atoms with E-state index in [1.807, 2.05) is 0 Å². The molecule has 3 rings (SSSR count). The van der Waals surface area contributed by atoms with Crippen molar-refractivity contribution in [2.75, 3.05) is 11.9 Å². The summed E-state index contributed by atoms with van der Waals surface area (Å²) in [6.07, 6.45) is 3.18. The number of tetrazole rings is 1. The van der Waals surface area contributed by atoms with Crippen molar-refractivity contribution in [2.24, 2.45) is 5.92 Å². The number of aromatic amines is 1. The highest BCUT2D eigenvalue weighted by molar-refractivity contribution is 5.74. The summed E-state index contributed by atoms with van der Waals surface area (Å²) >= 11 is 0. The van der Waals surface area contributed by atoms with Gasteiger partial charge in [0.2, 0.25) is 5.95 Å². The number of hydrogen-bond donors (Lipinski definition) is 3. The molecule has 19 heavy (non-hydrogen) atoms. The van der Waals surface area contributed by atoms with Crippen molar-refractivity contribution in [3.63, 3.8) is 0 Å². The Morgan fingerprint density at radius 1 is 1.42 bits per heavy atom. The van der Waals surface area contributed by atoms with Crippen molar-refractivity contribution in [3.05, 3.63) is 0 Å². The van der Waals surface area contributed by atoms with Gasteiger partial charge >= 0.3 is 6.03 Å². The minimum absolute atomic E-state index is 0.127. The minimum atomic E-state index is -0.127. The second-order valence-electron chi connectivity index (χ2n) is 5.39.